The number of hydrogen-bond acceptors (Lipinski definition) is 5. The third-order valence-electron chi connectivity index (χ3n) is 5.31. The van der Waals surface area contributed by atoms with Gasteiger partial charge in [0, 0.05) is 31.9 Å². The summed E-state index contributed by atoms with van der Waals surface area (Å²) in [5.41, 5.74) is 3.44. The number of imidazole rings is 1. The molecule has 28 heavy (non-hydrogen) atoms. The predicted octanol–water partition coefficient (Wildman–Crippen LogP) is 3.28. The van der Waals surface area contributed by atoms with Crippen LogP contribution in [0.15, 0.2) is 35.1 Å². The fourth-order valence-electron chi connectivity index (χ4n) is 3.84. The molecule has 7 heteroatoms. The molecular formula is C21H27N5O2. The minimum Gasteiger partial charge on any atom is -0.360 e. The molecule has 148 valence electrons. The van der Waals surface area contributed by atoms with Crippen molar-refractivity contribution in [2.45, 2.75) is 45.7 Å². The van der Waals surface area contributed by atoms with Crippen LogP contribution in [0, 0.1) is 6.92 Å². The lowest BCUT2D eigenvalue weighted by Crippen LogP contribution is -2.33. The van der Waals surface area contributed by atoms with Crippen molar-refractivity contribution < 1.29 is 9.32 Å². The van der Waals surface area contributed by atoms with E-state index >= 15 is 0 Å². The second-order valence-electron chi connectivity index (χ2n) is 7.70. The van der Waals surface area contributed by atoms with Crippen LogP contribution in [0.4, 0.5) is 0 Å². The van der Waals surface area contributed by atoms with Crippen LogP contribution >= 0.6 is 0 Å². The molecule has 0 radical (unpaired) electrons. The quantitative estimate of drug-likeness (QED) is 0.678. The first-order chi connectivity index (χ1) is 13.6. The SMILES string of the molecule is Cc1ccn2c(CN(C)Cc3ccno3)c(C(=O)N3CCCCCC3)nc2c1. The van der Waals surface area contributed by atoms with Crippen LogP contribution in [0.2, 0.25) is 0 Å². The molecule has 0 unspecified atom stereocenters. The molecule has 0 spiro atoms. The number of likely N-dealkylation sites (tertiary alicyclic amines) is 1. The van der Waals surface area contributed by atoms with Gasteiger partial charge in [-0.1, -0.05) is 18.0 Å². The third-order valence-corrected chi connectivity index (χ3v) is 5.31. The van der Waals surface area contributed by atoms with Crippen molar-refractivity contribution in [1.82, 2.24) is 24.3 Å². The second kappa shape index (κ2) is 8.14. The summed E-state index contributed by atoms with van der Waals surface area (Å²) < 4.78 is 7.26. The zero-order valence-corrected chi connectivity index (χ0v) is 16.6. The number of aromatic nitrogens is 3. The summed E-state index contributed by atoms with van der Waals surface area (Å²) in [6, 6.07) is 5.94. The largest absolute Gasteiger partial charge is 0.360 e. The maximum Gasteiger partial charge on any atom is 0.274 e. The average Bonchev–Trinajstić information content (AvgIpc) is 3.20. The molecule has 1 fully saturated rings. The van der Waals surface area contributed by atoms with Gasteiger partial charge in [0.25, 0.3) is 5.91 Å². The number of pyridine rings is 1. The van der Waals surface area contributed by atoms with Crippen molar-refractivity contribution in [1.29, 1.82) is 0 Å². The monoisotopic (exact) mass is 381 g/mol. The van der Waals surface area contributed by atoms with Gasteiger partial charge in [-0.25, -0.2) is 4.98 Å². The lowest BCUT2D eigenvalue weighted by Gasteiger charge is -2.21. The van der Waals surface area contributed by atoms with Crippen molar-refractivity contribution in [3.63, 3.8) is 0 Å². The van der Waals surface area contributed by atoms with Crippen molar-refractivity contribution in [3.8, 4) is 0 Å². The molecule has 1 aliphatic rings. The Kier molecular flexibility index (Phi) is 5.43. The zero-order valence-electron chi connectivity index (χ0n) is 16.6. The maximum absolute atomic E-state index is 13.3. The highest BCUT2D eigenvalue weighted by Crippen LogP contribution is 2.20. The number of aryl methyl sites for hydroxylation is 1. The molecule has 0 aliphatic carbocycles. The van der Waals surface area contributed by atoms with E-state index in [1.165, 1.54) is 12.8 Å². The van der Waals surface area contributed by atoms with Gasteiger partial charge in [-0.2, -0.15) is 0 Å². The molecule has 4 rings (SSSR count). The standard InChI is InChI=1S/C21H27N5O2/c1-16-8-12-26-18(15-24(2)14-17-7-9-22-28-17)20(23-19(26)13-16)21(27)25-10-5-3-4-6-11-25/h7-9,12-13H,3-6,10-11,14-15H2,1-2H3. The highest BCUT2D eigenvalue weighted by Gasteiger charge is 2.25. The molecule has 0 N–H and O–H groups in total. The van der Waals surface area contributed by atoms with Gasteiger partial charge in [-0.15, -0.1) is 0 Å². The van der Waals surface area contributed by atoms with Crippen LogP contribution in [0.25, 0.3) is 5.65 Å². The molecule has 0 atom stereocenters. The van der Waals surface area contributed by atoms with Gasteiger partial charge in [-0.3, -0.25) is 9.69 Å². The van der Waals surface area contributed by atoms with E-state index in [0.717, 1.165) is 48.6 Å². The fourth-order valence-corrected chi connectivity index (χ4v) is 3.84. The summed E-state index contributed by atoms with van der Waals surface area (Å²) in [5, 5.41) is 3.77. The van der Waals surface area contributed by atoms with Crippen LogP contribution in [0.3, 0.4) is 0 Å². The minimum atomic E-state index is 0.0475. The van der Waals surface area contributed by atoms with E-state index in [2.05, 4.69) is 16.1 Å². The highest BCUT2D eigenvalue weighted by molar-refractivity contribution is 5.94. The summed E-state index contributed by atoms with van der Waals surface area (Å²) in [5.74, 6) is 0.846. The van der Waals surface area contributed by atoms with Crippen LogP contribution < -0.4 is 0 Å². The van der Waals surface area contributed by atoms with Crippen LogP contribution in [0.1, 0.15) is 53.2 Å². The molecule has 0 aromatic carbocycles. The van der Waals surface area contributed by atoms with E-state index in [4.69, 9.17) is 9.51 Å². The first kappa shape index (κ1) is 18.7. The fraction of sp³-hybridized carbons (Fsp3) is 0.476. The molecule has 0 bridgehead atoms. The summed E-state index contributed by atoms with van der Waals surface area (Å²) in [6.07, 6.45) is 8.18. The molecule has 0 saturated carbocycles. The van der Waals surface area contributed by atoms with Crippen LogP contribution in [-0.4, -0.2) is 50.4 Å². The zero-order chi connectivity index (χ0) is 19.5. The molecule has 3 aromatic rings. The molecule has 1 saturated heterocycles. The summed E-state index contributed by atoms with van der Waals surface area (Å²) in [6.45, 7) is 4.90. The first-order valence-electron chi connectivity index (χ1n) is 9.97. The molecule has 1 amide bonds. The lowest BCUT2D eigenvalue weighted by molar-refractivity contribution is 0.0754. The summed E-state index contributed by atoms with van der Waals surface area (Å²) in [4.78, 5) is 22.2. The van der Waals surface area contributed by atoms with E-state index in [1.54, 1.807) is 6.20 Å². The topological polar surface area (TPSA) is 66.9 Å². The van der Waals surface area contributed by atoms with E-state index in [1.807, 2.05) is 41.6 Å². The number of carbonyl (C=O) groups is 1. The molecular weight excluding hydrogens is 354 g/mol. The van der Waals surface area contributed by atoms with E-state index in [9.17, 15) is 4.79 Å². The highest BCUT2D eigenvalue weighted by atomic mass is 16.5. The van der Waals surface area contributed by atoms with Crippen molar-refractivity contribution in [3.05, 3.63) is 53.3 Å². The molecule has 4 heterocycles. The number of amides is 1. The number of nitrogens with zero attached hydrogens (tertiary/aromatic N) is 5. The number of fused-ring (bicyclic) bond motifs is 1. The average molecular weight is 381 g/mol. The van der Waals surface area contributed by atoms with Crippen molar-refractivity contribution >= 4 is 11.6 Å². The van der Waals surface area contributed by atoms with Gasteiger partial charge in [0.1, 0.15) is 5.65 Å². The van der Waals surface area contributed by atoms with Gasteiger partial charge < -0.3 is 13.8 Å². The van der Waals surface area contributed by atoms with E-state index in [0.29, 0.717) is 18.8 Å². The Morgan fingerprint density at radius 1 is 1.18 bits per heavy atom. The van der Waals surface area contributed by atoms with Crippen molar-refractivity contribution in [2.24, 2.45) is 0 Å². The molecule has 1 aliphatic heterocycles. The number of carbonyl (C=O) groups excluding carboxylic acids is 1. The van der Waals surface area contributed by atoms with Crippen LogP contribution in [0.5, 0.6) is 0 Å². The summed E-state index contributed by atoms with van der Waals surface area (Å²) >= 11 is 0. The Morgan fingerprint density at radius 2 is 1.96 bits per heavy atom. The predicted molar refractivity (Wildman–Crippen MR) is 106 cm³/mol. The first-order valence-corrected chi connectivity index (χ1v) is 9.97. The van der Waals surface area contributed by atoms with Crippen molar-refractivity contribution in [2.75, 3.05) is 20.1 Å². The Labute approximate surface area is 164 Å². The Morgan fingerprint density at radius 3 is 2.68 bits per heavy atom. The minimum absolute atomic E-state index is 0.0475. The Bertz CT molecular complexity index is 939. The van der Waals surface area contributed by atoms with Gasteiger partial charge >= 0.3 is 0 Å². The number of rotatable bonds is 5. The Balaban J connectivity index is 1.66. The maximum atomic E-state index is 13.3. The van der Waals surface area contributed by atoms with Gasteiger partial charge in [0.05, 0.1) is 18.4 Å². The second-order valence-corrected chi connectivity index (χ2v) is 7.70. The third kappa shape index (κ3) is 3.94. The van der Waals surface area contributed by atoms with E-state index < -0.39 is 0 Å². The Hall–Kier alpha value is -2.67. The smallest absolute Gasteiger partial charge is 0.274 e. The van der Waals surface area contributed by atoms with Gasteiger partial charge in [-0.05, 0) is 44.5 Å². The van der Waals surface area contributed by atoms with Gasteiger partial charge in [0.15, 0.2) is 11.5 Å². The lowest BCUT2D eigenvalue weighted by atomic mass is 10.2. The molecule has 7 nitrogen and oxygen atoms in total. The van der Waals surface area contributed by atoms with Crippen LogP contribution in [-0.2, 0) is 13.1 Å². The number of hydrogen-bond donors (Lipinski definition) is 0. The normalized spacial score (nSPS) is 15.3. The van der Waals surface area contributed by atoms with E-state index in [-0.39, 0.29) is 5.91 Å². The van der Waals surface area contributed by atoms with Gasteiger partial charge in [0.2, 0.25) is 0 Å². The molecule has 3 aromatic heterocycles. The summed E-state index contributed by atoms with van der Waals surface area (Å²) in [7, 11) is 2.01.